The smallest absolute Gasteiger partial charge is 0.192 e. The van der Waals surface area contributed by atoms with Crippen molar-refractivity contribution >= 4 is 17.5 Å². The molecule has 0 saturated carbocycles. The van der Waals surface area contributed by atoms with Gasteiger partial charge in [0.2, 0.25) is 0 Å². The van der Waals surface area contributed by atoms with Crippen LogP contribution in [0, 0.1) is 23.7 Å². The number of fused-ring (bicyclic) bond motifs is 3. The van der Waals surface area contributed by atoms with Crippen LogP contribution in [0.1, 0.15) is 78.0 Å². The lowest BCUT2D eigenvalue weighted by Gasteiger charge is -2.33. The van der Waals surface area contributed by atoms with Crippen LogP contribution in [-0.4, -0.2) is 29.8 Å². The van der Waals surface area contributed by atoms with E-state index >= 15 is 0 Å². The molecule has 1 saturated heterocycles. The van der Waals surface area contributed by atoms with Gasteiger partial charge in [0.25, 0.3) is 0 Å². The summed E-state index contributed by atoms with van der Waals surface area (Å²) in [6.45, 7) is 5.39. The van der Waals surface area contributed by atoms with Gasteiger partial charge in [0.05, 0.1) is 0 Å². The van der Waals surface area contributed by atoms with Crippen molar-refractivity contribution in [3.05, 3.63) is 21.8 Å². The highest BCUT2D eigenvalue weighted by Gasteiger charge is 2.47. The molecule has 1 fully saturated rings. The normalized spacial score (nSPS) is 43.9. The van der Waals surface area contributed by atoms with Gasteiger partial charge in [0, 0.05) is 40.9 Å². The molecule has 4 aliphatic heterocycles. The molecule has 4 heteroatoms. The van der Waals surface area contributed by atoms with Crippen molar-refractivity contribution in [2.24, 2.45) is 28.7 Å². The standard InChI is InChI=1S/C24H36N2OS/c1-13(2)10-19-15(4)28-22-11-21(25-12-20(19)22)18-7-5-6-16-17-9-8-14(3)26-24(17)27-23(16)18/h13,15-17,19,21,24-25H,5-12H2,1-4H3/t15-,16-,17?,19+,21+,24-/m0/s1/i3D3,10D/t10-,15-,16-,17?,19+,21+,24-. The molecule has 0 aromatic carbocycles. The molecule has 3 nitrogen and oxygen atoms in total. The van der Waals surface area contributed by atoms with E-state index in [0.29, 0.717) is 47.1 Å². The Morgan fingerprint density at radius 1 is 1.32 bits per heavy atom. The van der Waals surface area contributed by atoms with E-state index in [0.717, 1.165) is 38.0 Å². The van der Waals surface area contributed by atoms with E-state index in [9.17, 15) is 0 Å². The second kappa shape index (κ2) is 7.50. The second-order valence-electron chi connectivity index (χ2n) is 9.55. The lowest BCUT2D eigenvalue weighted by molar-refractivity contribution is 0.128. The predicted octanol–water partition coefficient (Wildman–Crippen LogP) is 5.68. The minimum absolute atomic E-state index is 0.0454. The summed E-state index contributed by atoms with van der Waals surface area (Å²) in [5.74, 6) is 2.55. The van der Waals surface area contributed by atoms with Crippen LogP contribution in [-0.2, 0) is 4.74 Å². The molecular weight excluding hydrogens is 364 g/mol. The number of nitrogens with zero attached hydrogens (tertiary/aromatic N) is 1. The number of ether oxygens (including phenoxy) is 1. The fraction of sp³-hybridized carbons (Fsp3) is 0.792. The van der Waals surface area contributed by atoms with Crippen molar-refractivity contribution in [2.75, 3.05) is 6.54 Å². The molecule has 4 heterocycles. The Morgan fingerprint density at radius 3 is 3.04 bits per heavy atom. The number of allylic oxidation sites excluding steroid dienone is 1. The monoisotopic (exact) mass is 404 g/mol. The number of hydrogen-bond acceptors (Lipinski definition) is 4. The van der Waals surface area contributed by atoms with Crippen LogP contribution in [0.5, 0.6) is 0 Å². The van der Waals surface area contributed by atoms with Crippen LogP contribution in [0.3, 0.4) is 0 Å². The summed E-state index contributed by atoms with van der Waals surface area (Å²) in [6.07, 6.45) is 5.43. The molecule has 154 valence electrons. The fourth-order valence-corrected chi connectivity index (χ4v) is 7.46. The van der Waals surface area contributed by atoms with Crippen molar-refractivity contribution in [1.29, 1.82) is 0 Å². The highest BCUT2D eigenvalue weighted by atomic mass is 32.2. The number of thioether (sulfide) groups is 1. The topological polar surface area (TPSA) is 33.6 Å². The lowest BCUT2D eigenvalue weighted by atomic mass is 9.76. The molecule has 1 unspecified atom stereocenters. The lowest BCUT2D eigenvalue weighted by Crippen LogP contribution is -2.39. The maximum atomic E-state index is 8.72. The quantitative estimate of drug-likeness (QED) is 0.657. The summed E-state index contributed by atoms with van der Waals surface area (Å²) >= 11 is 1.99. The van der Waals surface area contributed by atoms with Gasteiger partial charge in [-0.25, -0.2) is 0 Å². The van der Waals surface area contributed by atoms with Gasteiger partial charge >= 0.3 is 0 Å². The molecule has 0 amide bonds. The van der Waals surface area contributed by atoms with E-state index in [-0.39, 0.29) is 12.6 Å². The highest BCUT2D eigenvalue weighted by Crippen LogP contribution is 2.52. The summed E-state index contributed by atoms with van der Waals surface area (Å²) in [5, 5.41) is 4.29. The Balaban J connectivity index is 1.38. The molecule has 28 heavy (non-hydrogen) atoms. The Hall–Kier alpha value is -0.740. The molecule has 7 atom stereocenters. The molecule has 0 radical (unpaired) electrons. The highest BCUT2D eigenvalue weighted by molar-refractivity contribution is 8.03. The third kappa shape index (κ3) is 3.29. The maximum Gasteiger partial charge on any atom is 0.192 e. The number of rotatable bonds is 3. The first kappa shape index (κ1) is 15.1. The van der Waals surface area contributed by atoms with E-state index in [1.165, 1.54) is 22.5 Å². The van der Waals surface area contributed by atoms with E-state index in [1.807, 2.05) is 11.8 Å². The Bertz CT molecular complexity index is 865. The summed E-state index contributed by atoms with van der Waals surface area (Å²) in [5.41, 5.74) is 3.21. The Labute approximate surface area is 180 Å². The molecule has 5 rings (SSSR count). The van der Waals surface area contributed by atoms with Crippen LogP contribution in [0.4, 0.5) is 0 Å². The zero-order chi connectivity index (χ0) is 22.8. The third-order valence-electron chi connectivity index (χ3n) is 7.28. The maximum absolute atomic E-state index is 8.72. The van der Waals surface area contributed by atoms with Crippen LogP contribution >= 0.6 is 11.8 Å². The van der Waals surface area contributed by atoms with E-state index < -0.39 is 6.85 Å². The first-order valence-electron chi connectivity index (χ1n) is 13.2. The SMILES string of the molecule is [2H][C@@H](C(C)C)[C@H]1C2=C(C[C@H](C3=C4O[C@@H]5N=C(C([2H])([2H])[2H])CCC5[C@@H]4CCC3)NC2)S[C@H]1C. The van der Waals surface area contributed by atoms with Gasteiger partial charge in [-0.2, -0.15) is 0 Å². The first-order valence-corrected chi connectivity index (χ1v) is 12.0. The first-order chi connectivity index (χ1) is 15.1. The van der Waals surface area contributed by atoms with Gasteiger partial charge in [-0.1, -0.05) is 20.8 Å². The molecular formula is C24H36N2OS. The number of aliphatic imine (C=N–C) groups is 1. The van der Waals surface area contributed by atoms with Crippen molar-refractivity contribution < 1.29 is 10.2 Å². The molecule has 1 N–H and O–H groups in total. The number of hydrogen-bond donors (Lipinski definition) is 1. The van der Waals surface area contributed by atoms with Gasteiger partial charge in [0.1, 0.15) is 5.76 Å². The molecule has 0 spiro atoms. The molecule has 1 aliphatic carbocycles. The van der Waals surface area contributed by atoms with Crippen LogP contribution in [0.25, 0.3) is 0 Å². The molecule has 0 aromatic heterocycles. The van der Waals surface area contributed by atoms with Crippen LogP contribution in [0.2, 0.25) is 0 Å². The van der Waals surface area contributed by atoms with Crippen LogP contribution < -0.4 is 5.32 Å². The van der Waals surface area contributed by atoms with Crippen molar-refractivity contribution in [3.8, 4) is 0 Å². The van der Waals surface area contributed by atoms with Crippen molar-refractivity contribution in [2.45, 2.75) is 90.1 Å². The average Bonchev–Trinajstić information content (AvgIpc) is 3.27. The summed E-state index contributed by atoms with van der Waals surface area (Å²) in [7, 11) is 0. The van der Waals surface area contributed by atoms with Gasteiger partial charge in [-0.3, -0.25) is 4.99 Å². The summed E-state index contributed by atoms with van der Waals surface area (Å²) in [4.78, 5) is 6.07. The minimum atomic E-state index is -2.11. The molecule has 0 aromatic rings. The minimum Gasteiger partial charge on any atom is -0.472 e. The summed E-state index contributed by atoms with van der Waals surface area (Å²) in [6, 6.07) is 0.291. The van der Waals surface area contributed by atoms with Gasteiger partial charge in [-0.15, -0.1) is 11.8 Å². The molecule has 0 bridgehead atoms. The largest absolute Gasteiger partial charge is 0.472 e. The van der Waals surface area contributed by atoms with E-state index in [2.05, 4.69) is 31.1 Å². The Kier molecular flexibility index (Phi) is 4.05. The van der Waals surface area contributed by atoms with E-state index in [1.54, 1.807) is 0 Å². The second-order valence-corrected chi connectivity index (χ2v) is 11.0. The fourth-order valence-electron chi connectivity index (χ4n) is 5.99. The van der Waals surface area contributed by atoms with Crippen molar-refractivity contribution in [3.63, 3.8) is 0 Å². The van der Waals surface area contributed by atoms with Gasteiger partial charge in [-0.05, 0) is 79.7 Å². The third-order valence-corrected chi connectivity index (χ3v) is 8.66. The zero-order valence-electron chi connectivity index (χ0n) is 21.3. The Morgan fingerprint density at radius 2 is 2.21 bits per heavy atom. The zero-order valence-corrected chi connectivity index (χ0v) is 18.1. The van der Waals surface area contributed by atoms with Crippen LogP contribution in [0.15, 0.2) is 26.8 Å². The number of nitrogens with one attached hydrogen (secondary N) is 1. The average molecular weight is 405 g/mol. The van der Waals surface area contributed by atoms with Crippen molar-refractivity contribution in [1.82, 2.24) is 5.32 Å². The molecule has 5 aliphatic rings. The van der Waals surface area contributed by atoms with E-state index in [4.69, 9.17) is 10.2 Å². The van der Waals surface area contributed by atoms with Gasteiger partial charge < -0.3 is 10.1 Å². The predicted molar refractivity (Wildman–Crippen MR) is 119 cm³/mol. The summed E-state index contributed by atoms with van der Waals surface area (Å²) < 4.78 is 38.4. The van der Waals surface area contributed by atoms with Gasteiger partial charge in [0.15, 0.2) is 6.23 Å².